The van der Waals surface area contributed by atoms with Gasteiger partial charge in [0.25, 0.3) is 11.5 Å². The van der Waals surface area contributed by atoms with Crippen molar-refractivity contribution < 1.29 is 23.5 Å². The van der Waals surface area contributed by atoms with E-state index in [1.165, 1.54) is 33.5 Å². The van der Waals surface area contributed by atoms with Gasteiger partial charge < -0.3 is 19.7 Å². The lowest BCUT2D eigenvalue weighted by atomic mass is 10.0. The van der Waals surface area contributed by atoms with Gasteiger partial charge in [-0.1, -0.05) is 12.1 Å². The molecule has 0 radical (unpaired) electrons. The lowest BCUT2D eigenvalue weighted by molar-refractivity contribution is -0.106. The number of ether oxygens (including phenoxy) is 2. The molecule has 10 heteroatoms. The molecule has 9 nitrogen and oxygen atoms in total. The molecule has 2 aromatic carbocycles. The molecule has 2 heterocycles. The monoisotopic (exact) mass is 522 g/mol. The maximum Gasteiger partial charge on any atom is 0.259 e. The molecule has 38 heavy (non-hydrogen) atoms. The van der Waals surface area contributed by atoms with Crippen molar-refractivity contribution in [3.63, 3.8) is 0 Å². The highest BCUT2D eigenvalue weighted by Gasteiger charge is 2.34. The first kappa shape index (κ1) is 26.9. The van der Waals surface area contributed by atoms with Crippen molar-refractivity contribution >= 4 is 35.2 Å². The summed E-state index contributed by atoms with van der Waals surface area (Å²) in [7, 11) is 3.13. The molecule has 0 aliphatic carbocycles. The zero-order valence-electron chi connectivity index (χ0n) is 22.1. The summed E-state index contributed by atoms with van der Waals surface area (Å²) in [5.74, 6) is -0.413. The van der Waals surface area contributed by atoms with E-state index in [1.807, 2.05) is 6.92 Å². The van der Waals surface area contributed by atoms with Crippen LogP contribution < -0.4 is 20.5 Å². The second-order valence-corrected chi connectivity index (χ2v) is 9.18. The van der Waals surface area contributed by atoms with E-state index in [9.17, 15) is 18.8 Å². The topological polar surface area (TPSA) is 93.1 Å². The minimum absolute atomic E-state index is 0.0490. The molecule has 3 aromatic rings. The third kappa shape index (κ3) is 4.99. The molecule has 0 unspecified atom stereocenters. The fourth-order valence-corrected chi connectivity index (χ4v) is 4.34. The first-order chi connectivity index (χ1) is 18.2. The summed E-state index contributed by atoms with van der Waals surface area (Å²) < 4.78 is 27.0. The van der Waals surface area contributed by atoms with Crippen molar-refractivity contribution in [1.82, 2.24) is 9.47 Å². The molecular weight excluding hydrogens is 491 g/mol. The number of hydrogen-bond donors (Lipinski definition) is 1. The Kier molecular flexibility index (Phi) is 7.82. The number of nitrogens with one attached hydrogen (secondary N) is 1. The van der Waals surface area contributed by atoms with E-state index in [2.05, 4.69) is 5.32 Å². The number of nitrogens with zero attached hydrogens (tertiary/aromatic N) is 3. The van der Waals surface area contributed by atoms with Crippen LogP contribution in [0.3, 0.4) is 0 Å². The van der Waals surface area contributed by atoms with Gasteiger partial charge in [0.05, 0.1) is 42.9 Å². The van der Waals surface area contributed by atoms with E-state index in [1.54, 1.807) is 51.2 Å². The first-order valence-corrected chi connectivity index (χ1v) is 12.3. The fourth-order valence-electron chi connectivity index (χ4n) is 4.34. The second-order valence-electron chi connectivity index (χ2n) is 9.18. The number of carbonyl (C=O) groups excluding carboxylic acids is 2. The zero-order valence-corrected chi connectivity index (χ0v) is 22.1. The highest BCUT2D eigenvalue weighted by Crippen LogP contribution is 2.37. The molecule has 1 aromatic heterocycles. The number of carbonyl (C=O) groups is 2. The van der Waals surface area contributed by atoms with Gasteiger partial charge in [-0.15, -0.1) is 0 Å². The van der Waals surface area contributed by atoms with Gasteiger partial charge in [-0.3, -0.25) is 23.9 Å². The number of hydrogen-bond acceptors (Lipinski definition) is 6. The van der Waals surface area contributed by atoms with Crippen molar-refractivity contribution in [2.24, 2.45) is 7.05 Å². The van der Waals surface area contributed by atoms with Gasteiger partial charge in [0.1, 0.15) is 22.9 Å². The summed E-state index contributed by atoms with van der Waals surface area (Å²) in [6.45, 7) is 6.31. The van der Waals surface area contributed by atoms with Gasteiger partial charge in [-0.05, 0) is 50.6 Å². The van der Waals surface area contributed by atoms with Crippen LogP contribution in [0.1, 0.15) is 28.4 Å². The number of aromatic nitrogens is 1. The average Bonchev–Trinajstić information content (AvgIpc) is 2.86. The summed E-state index contributed by atoms with van der Waals surface area (Å²) in [6.07, 6.45) is 0.548. The molecule has 1 fully saturated rings. The van der Waals surface area contributed by atoms with Crippen molar-refractivity contribution in [2.45, 2.75) is 26.8 Å². The zero-order chi connectivity index (χ0) is 27.6. The molecule has 0 atom stereocenters. The first-order valence-electron chi connectivity index (χ1n) is 12.3. The van der Waals surface area contributed by atoms with Crippen LogP contribution in [0.4, 0.5) is 27.3 Å². The number of likely N-dealkylation sites (N-methyl/N-ethyl adjacent to an activating group) is 1. The Morgan fingerprint density at radius 2 is 1.97 bits per heavy atom. The lowest BCUT2D eigenvalue weighted by Gasteiger charge is -2.36. The van der Waals surface area contributed by atoms with Crippen LogP contribution in [-0.4, -0.2) is 54.7 Å². The van der Waals surface area contributed by atoms with Crippen molar-refractivity contribution in [3.8, 4) is 5.75 Å². The Labute approximate surface area is 220 Å². The van der Waals surface area contributed by atoms with E-state index < -0.39 is 17.3 Å². The number of halogens is 1. The molecule has 0 bridgehead atoms. The normalized spacial score (nSPS) is 13.0. The highest BCUT2D eigenvalue weighted by atomic mass is 19.1. The minimum atomic E-state index is -0.546. The number of anilines is 4. The predicted molar refractivity (Wildman–Crippen MR) is 143 cm³/mol. The van der Waals surface area contributed by atoms with Gasteiger partial charge in [-0.2, -0.15) is 0 Å². The SMILES string of the molecule is CCOc1cccc(N(C=O)c2c(C(=O)N(C)C3COC3)c(Nc3ccc(C)cc3F)n(C)c(=O)c2C)c1. The summed E-state index contributed by atoms with van der Waals surface area (Å²) in [6, 6.07) is 11.2. The van der Waals surface area contributed by atoms with Crippen LogP contribution in [-0.2, 0) is 16.6 Å². The number of pyridine rings is 1. The smallest absolute Gasteiger partial charge is 0.259 e. The molecule has 1 saturated heterocycles. The molecule has 2 amide bonds. The van der Waals surface area contributed by atoms with Gasteiger partial charge in [0, 0.05) is 25.7 Å². The van der Waals surface area contributed by atoms with E-state index >= 15 is 0 Å². The Morgan fingerprint density at radius 1 is 1.24 bits per heavy atom. The largest absolute Gasteiger partial charge is 0.494 e. The lowest BCUT2D eigenvalue weighted by Crippen LogP contribution is -2.50. The molecular formula is C28H31FN4O5. The standard InChI is InChI=1S/C28H31FN4O5/c1-6-38-21-9-7-8-19(13-21)33(16-34)25-18(3)27(35)32(5)26(30-23-11-10-17(2)12-22(23)29)24(25)28(36)31(4)20-14-37-15-20/h7-13,16,20,30H,6,14-15H2,1-5H3. The molecule has 1 aliphatic heterocycles. The van der Waals surface area contributed by atoms with Crippen LogP contribution >= 0.6 is 0 Å². The quantitative estimate of drug-likeness (QED) is 0.427. The van der Waals surface area contributed by atoms with E-state index in [0.717, 1.165) is 0 Å². The summed E-state index contributed by atoms with van der Waals surface area (Å²) in [4.78, 5) is 42.8. The summed E-state index contributed by atoms with van der Waals surface area (Å²) in [5, 5.41) is 2.96. The predicted octanol–water partition coefficient (Wildman–Crippen LogP) is 4.05. The molecule has 4 rings (SSSR count). The fraction of sp³-hybridized carbons (Fsp3) is 0.321. The number of rotatable bonds is 9. The number of amides is 2. The maximum atomic E-state index is 14.9. The Balaban J connectivity index is 1.98. The van der Waals surface area contributed by atoms with Crippen molar-refractivity contribution in [1.29, 1.82) is 0 Å². The van der Waals surface area contributed by atoms with Crippen LogP contribution in [0.15, 0.2) is 47.3 Å². The highest BCUT2D eigenvalue weighted by molar-refractivity contribution is 6.09. The molecule has 0 saturated carbocycles. The van der Waals surface area contributed by atoms with Gasteiger partial charge in [0.15, 0.2) is 0 Å². The third-order valence-electron chi connectivity index (χ3n) is 6.62. The number of aryl methyl sites for hydroxylation is 1. The third-order valence-corrected chi connectivity index (χ3v) is 6.62. The van der Waals surface area contributed by atoms with Crippen molar-refractivity contribution in [3.05, 3.63) is 75.3 Å². The maximum absolute atomic E-state index is 14.9. The Hall–Kier alpha value is -4.18. The molecule has 200 valence electrons. The van der Waals surface area contributed by atoms with E-state index in [-0.39, 0.29) is 34.4 Å². The summed E-state index contributed by atoms with van der Waals surface area (Å²) in [5.41, 5.74) is 1.08. The van der Waals surface area contributed by atoms with Gasteiger partial charge in [0.2, 0.25) is 6.41 Å². The van der Waals surface area contributed by atoms with Gasteiger partial charge in [-0.25, -0.2) is 4.39 Å². The van der Waals surface area contributed by atoms with E-state index in [0.29, 0.717) is 43.2 Å². The molecule has 0 spiro atoms. The van der Waals surface area contributed by atoms with Crippen LogP contribution in [0.5, 0.6) is 5.75 Å². The summed E-state index contributed by atoms with van der Waals surface area (Å²) >= 11 is 0. The molecule has 1 N–H and O–H groups in total. The van der Waals surface area contributed by atoms with Crippen molar-refractivity contribution in [2.75, 3.05) is 37.1 Å². The van der Waals surface area contributed by atoms with Crippen LogP contribution in [0, 0.1) is 19.7 Å². The van der Waals surface area contributed by atoms with Crippen LogP contribution in [0.25, 0.3) is 0 Å². The van der Waals surface area contributed by atoms with E-state index in [4.69, 9.17) is 9.47 Å². The van der Waals surface area contributed by atoms with Crippen LogP contribution in [0.2, 0.25) is 0 Å². The Bertz CT molecular complexity index is 1430. The molecule has 1 aliphatic rings. The average molecular weight is 523 g/mol. The minimum Gasteiger partial charge on any atom is -0.494 e. The Morgan fingerprint density at radius 3 is 2.58 bits per heavy atom. The number of benzene rings is 2. The van der Waals surface area contributed by atoms with Gasteiger partial charge >= 0.3 is 0 Å². The second kappa shape index (κ2) is 11.1.